The van der Waals surface area contributed by atoms with E-state index in [2.05, 4.69) is 10.2 Å². The summed E-state index contributed by atoms with van der Waals surface area (Å²) in [5.41, 5.74) is -0.529. The molecule has 7 heteroatoms. The summed E-state index contributed by atoms with van der Waals surface area (Å²) in [6.07, 6.45) is 4.87. The van der Waals surface area contributed by atoms with Crippen LogP contribution < -0.4 is 5.32 Å². The van der Waals surface area contributed by atoms with Gasteiger partial charge in [-0.15, -0.1) is 10.1 Å². The van der Waals surface area contributed by atoms with Crippen LogP contribution >= 0.6 is 0 Å². The van der Waals surface area contributed by atoms with Gasteiger partial charge in [0.05, 0.1) is 0 Å². The molecule has 0 bridgehead atoms. The number of esters is 1. The molecule has 1 unspecified atom stereocenters. The van der Waals surface area contributed by atoms with Crippen LogP contribution in [-0.2, 0) is 14.4 Å². The summed E-state index contributed by atoms with van der Waals surface area (Å²) >= 11 is 0. The number of nitrogens with one attached hydrogen (secondary N) is 1. The molecule has 7 nitrogen and oxygen atoms in total. The van der Waals surface area contributed by atoms with Crippen molar-refractivity contribution in [2.24, 2.45) is 0 Å². The zero-order valence-electron chi connectivity index (χ0n) is 8.93. The smallest absolute Gasteiger partial charge is 0.304 e. The molecule has 1 rings (SSSR count). The highest BCUT2D eigenvalue weighted by Gasteiger charge is 2.26. The zero-order valence-corrected chi connectivity index (χ0v) is 8.93. The lowest BCUT2D eigenvalue weighted by Gasteiger charge is -2.31. The summed E-state index contributed by atoms with van der Waals surface area (Å²) in [4.78, 5) is 25.0. The van der Waals surface area contributed by atoms with Crippen molar-refractivity contribution in [2.75, 3.05) is 6.61 Å². The van der Waals surface area contributed by atoms with Gasteiger partial charge < -0.3 is 14.9 Å². The Bertz CT molecular complexity index is 363. The van der Waals surface area contributed by atoms with E-state index >= 15 is 0 Å². The molecular weight excluding hydrogens is 216 g/mol. The third-order valence-electron chi connectivity index (χ3n) is 1.80. The van der Waals surface area contributed by atoms with Crippen molar-refractivity contribution < 1.29 is 19.5 Å². The maximum atomic E-state index is 10.8. The molecule has 0 aromatic rings. The first kappa shape index (κ1) is 12.0. The maximum Gasteiger partial charge on any atom is 0.304 e. The number of ether oxygens (including phenoxy) is 1. The first-order chi connectivity index (χ1) is 7.41. The molecular formula is C9H12N2O5. The van der Waals surface area contributed by atoms with E-state index in [4.69, 9.17) is 4.74 Å². The lowest BCUT2D eigenvalue weighted by atomic mass is 10.1. The summed E-state index contributed by atoms with van der Waals surface area (Å²) < 4.78 is 5.01. The largest absolute Gasteiger partial charge is 0.436 e. The quantitative estimate of drug-likeness (QED) is 0.428. The summed E-state index contributed by atoms with van der Waals surface area (Å²) in [6, 6.07) is 0. The number of allylic oxidation sites excluding steroid dienone is 2. The van der Waals surface area contributed by atoms with E-state index in [0.29, 0.717) is 5.70 Å². The van der Waals surface area contributed by atoms with Gasteiger partial charge >= 0.3 is 5.97 Å². The van der Waals surface area contributed by atoms with Crippen LogP contribution in [0.5, 0.6) is 0 Å². The number of carbonyl (C=O) groups excluding carboxylic acids is 1. The Morgan fingerprint density at radius 2 is 2.38 bits per heavy atom. The molecule has 0 aromatic heterocycles. The topological polar surface area (TPSA) is 90.7 Å². The minimum atomic E-state index is -0.990. The average molecular weight is 228 g/mol. The van der Waals surface area contributed by atoms with Gasteiger partial charge in [-0.1, -0.05) is 6.08 Å². The molecule has 0 saturated heterocycles. The van der Waals surface area contributed by atoms with Gasteiger partial charge in [-0.2, -0.15) is 0 Å². The molecule has 0 spiro atoms. The lowest BCUT2D eigenvalue weighted by molar-refractivity contribution is -0.755. The minimum Gasteiger partial charge on any atom is -0.436 e. The first-order valence-corrected chi connectivity index (χ1v) is 4.55. The predicted molar refractivity (Wildman–Crippen MR) is 53.5 cm³/mol. The van der Waals surface area contributed by atoms with Crippen molar-refractivity contribution in [3.63, 3.8) is 0 Å². The van der Waals surface area contributed by atoms with Gasteiger partial charge in [0.1, 0.15) is 6.61 Å². The Morgan fingerprint density at radius 1 is 1.69 bits per heavy atom. The summed E-state index contributed by atoms with van der Waals surface area (Å²) in [5.74, 6) is -0.448. The van der Waals surface area contributed by atoms with Gasteiger partial charge in [0.2, 0.25) is 5.72 Å². The minimum absolute atomic E-state index is 0.214. The fraction of sp³-hybridized carbons (Fsp3) is 0.444. The molecule has 88 valence electrons. The van der Waals surface area contributed by atoms with E-state index in [1.165, 1.54) is 6.92 Å². The van der Waals surface area contributed by atoms with Crippen molar-refractivity contribution in [1.29, 1.82) is 0 Å². The van der Waals surface area contributed by atoms with Gasteiger partial charge in [-0.25, -0.2) is 0 Å². The highest BCUT2D eigenvalue weighted by Crippen LogP contribution is 2.15. The monoisotopic (exact) mass is 228 g/mol. The van der Waals surface area contributed by atoms with Crippen LogP contribution in [0.25, 0.3) is 0 Å². The lowest BCUT2D eigenvalue weighted by Crippen LogP contribution is -2.45. The SMILES string of the molecule is CC(=O)OC1(C)C=CC=C(CO[N+](=O)[O-])N1. The number of hydrogen-bond acceptors (Lipinski definition) is 6. The second kappa shape index (κ2) is 4.65. The predicted octanol–water partition coefficient (Wildman–Crippen LogP) is 0.517. The zero-order chi connectivity index (χ0) is 12.2. The summed E-state index contributed by atoms with van der Waals surface area (Å²) in [6.45, 7) is 2.70. The Morgan fingerprint density at radius 3 is 2.94 bits per heavy atom. The molecule has 16 heavy (non-hydrogen) atoms. The molecule has 0 aliphatic carbocycles. The van der Waals surface area contributed by atoms with Crippen molar-refractivity contribution in [3.05, 3.63) is 34.0 Å². The standard InChI is InChI=1S/C9H12N2O5/c1-7(12)16-9(2)5-3-4-8(10-9)6-15-11(13)14/h3-5,10H,6H2,1-2H3. The first-order valence-electron chi connectivity index (χ1n) is 4.55. The van der Waals surface area contributed by atoms with Crippen LogP contribution in [0.3, 0.4) is 0 Å². The normalized spacial score (nSPS) is 23.0. The molecule has 1 N–H and O–H groups in total. The molecule has 1 heterocycles. The van der Waals surface area contributed by atoms with E-state index in [9.17, 15) is 14.9 Å². The third kappa shape index (κ3) is 3.60. The van der Waals surface area contributed by atoms with Crippen LogP contribution in [0.2, 0.25) is 0 Å². The van der Waals surface area contributed by atoms with Crippen LogP contribution in [0.15, 0.2) is 23.9 Å². The molecule has 1 aliphatic heterocycles. The maximum absolute atomic E-state index is 10.8. The summed E-state index contributed by atoms with van der Waals surface area (Å²) in [7, 11) is 0. The second-order valence-corrected chi connectivity index (χ2v) is 3.37. The Labute approximate surface area is 91.8 Å². The molecule has 0 fully saturated rings. The van der Waals surface area contributed by atoms with Crippen molar-refractivity contribution >= 4 is 5.97 Å². The molecule has 0 saturated carbocycles. The summed E-state index contributed by atoms with van der Waals surface area (Å²) in [5, 5.41) is 11.9. The van der Waals surface area contributed by atoms with E-state index in [1.807, 2.05) is 0 Å². The molecule has 0 aromatic carbocycles. The van der Waals surface area contributed by atoms with Gasteiger partial charge in [0.25, 0.3) is 5.09 Å². The van der Waals surface area contributed by atoms with E-state index in [1.54, 1.807) is 25.2 Å². The van der Waals surface area contributed by atoms with Crippen LogP contribution in [0, 0.1) is 10.1 Å². The fourth-order valence-corrected chi connectivity index (χ4v) is 1.31. The highest BCUT2D eigenvalue weighted by molar-refractivity contribution is 5.66. The molecule has 1 atom stereocenters. The van der Waals surface area contributed by atoms with Gasteiger partial charge in [-0.05, 0) is 19.1 Å². The Balaban J connectivity index is 2.58. The highest BCUT2D eigenvalue weighted by atomic mass is 16.9. The van der Waals surface area contributed by atoms with Gasteiger partial charge in [0.15, 0.2) is 0 Å². The Kier molecular flexibility index (Phi) is 3.49. The average Bonchev–Trinajstić information content (AvgIpc) is 2.12. The van der Waals surface area contributed by atoms with Gasteiger partial charge in [-0.3, -0.25) is 4.79 Å². The van der Waals surface area contributed by atoms with E-state index < -0.39 is 16.8 Å². The fourth-order valence-electron chi connectivity index (χ4n) is 1.31. The number of rotatable bonds is 4. The molecule has 0 radical (unpaired) electrons. The molecule has 1 aliphatic rings. The van der Waals surface area contributed by atoms with Crippen molar-refractivity contribution in [1.82, 2.24) is 5.32 Å². The van der Waals surface area contributed by atoms with Crippen molar-refractivity contribution in [3.8, 4) is 0 Å². The number of carbonyl (C=O) groups is 1. The van der Waals surface area contributed by atoms with Crippen LogP contribution in [-0.4, -0.2) is 23.4 Å². The second-order valence-electron chi connectivity index (χ2n) is 3.37. The van der Waals surface area contributed by atoms with Gasteiger partial charge in [0, 0.05) is 12.6 Å². The Hall–Kier alpha value is -2.05. The van der Waals surface area contributed by atoms with E-state index in [0.717, 1.165) is 0 Å². The number of dihydropyridines is 1. The van der Waals surface area contributed by atoms with E-state index in [-0.39, 0.29) is 6.61 Å². The van der Waals surface area contributed by atoms with Crippen molar-refractivity contribution in [2.45, 2.75) is 19.6 Å². The number of hydrogen-bond donors (Lipinski definition) is 1. The van der Waals surface area contributed by atoms with Crippen LogP contribution in [0.1, 0.15) is 13.8 Å². The number of nitrogens with zero attached hydrogens (tertiary/aromatic N) is 1. The third-order valence-corrected chi connectivity index (χ3v) is 1.80. The van der Waals surface area contributed by atoms with Crippen LogP contribution in [0.4, 0.5) is 0 Å². The molecule has 0 amide bonds.